The average Bonchev–Trinajstić information content (AvgIpc) is 2.57. The molecule has 0 saturated heterocycles. The standard InChI is InChI=1S/C12H13F3/c1-2-8-3-4-9-5-6-10(7-11(8)9)12(13,14)15/h5-8H,2-4H2,1H3/t8-/m1/s1. The summed E-state index contributed by atoms with van der Waals surface area (Å²) in [4.78, 5) is 0. The number of benzene rings is 1. The molecular weight excluding hydrogens is 201 g/mol. The molecule has 0 radical (unpaired) electrons. The summed E-state index contributed by atoms with van der Waals surface area (Å²) in [5, 5.41) is 0. The fraction of sp³-hybridized carbons (Fsp3) is 0.500. The summed E-state index contributed by atoms with van der Waals surface area (Å²) in [6.45, 7) is 2.03. The van der Waals surface area contributed by atoms with E-state index in [1.165, 1.54) is 12.1 Å². The van der Waals surface area contributed by atoms with E-state index in [1.807, 2.05) is 6.92 Å². The van der Waals surface area contributed by atoms with Gasteiger partial charge in [-0.05, 0) is 48.4 Å². The maximum absolute atomic E-state index is 12.5. The minimum Gasteiger partial charge on any atom is -0.166 e. The number of halogens is 3. The lowest BCUT2D eigenvalue weighted by atomic mass is 9.97. The zero-order chi connectivity index (χ0) is 11.1. The topological polar surface area (TPSA) is 0 Å². The van der Waals surface area contributed by atoms with Gasteiger partial charge in [-0.1, -0.05) is 13.0 Å². The molecule has 0 spiro atoms. The van der Waals surface area contributed by atoms with Gasteiger partial charge in [0.1, 0.15) is 0 Å². The summed E-state index contributed by atoms with van der Waals surface area (Å²) < 4.78 is 37.5. The van der Waals surface area contributed by atoms with Crippen LogP contribution in [0.5, 0.6) is 0 Å². The van der Waals surface area contributed by atoms with Crippen LogP contribution in [0.25, 0.3) is 0 Å². The number of hydrogen-bond donors (Lipinski definition) is 0. The molecule has 1 aromatic carbocycles. The second kappa shape index (κ2) is 3.54. The third-order valence-corrected chi connectivity index (χ3v) is 3.17. The van der Waals surface area contributed by atoms with Gasteiger partial charge in [-0.3, -0.25) is 0 Å². The van der Waals surface area contributed by atoms with Crippen LogP contribution in [-0.2, 0) is 12.6 Å². The van der Waals surface area contributed by atoms with Crippen LogP contribution in [-0.4, -0.2) is 0 Å². The Labute approximate surface area is 87.1 Å². The molecule has 0 bridgehead atoms. The van der Waals surface area contributed by atoms with Gasteiger partial charge < -0.3 is 0 Å². The van der Waals surface area contributed by atoms with E-state index < -0.39 is 11.7 Å². The first-order chi connectivity index (χ1) is 7.02. The molecule has 82 valence electrons. The predicted octanol–water partition coefficient (Wildman–Crippen LogP) is 4.15. The highest BCUT2D eigenvalue weighted by atomic mass is 19.4. The molecule has 15 heavy (non-hydrogen) atoms. The number of aryl methyl sites for hydroxylation is 1. The van der Waals surface area contributed by atoms with Crippen LogP contribution < -0.4 is 0 Å². The van der Waals surface area contributed by atoms with Gasteiger partial charge in [0.2, 0.25) is 0 Å². The molecule has 1 aliphatic rings. The summed E-state index contributed by atoms with van der Waals surface area (Å²) in [6.07, 6.45) is -1.37. The molecule has 0 saturated carbocycles. The van der Waals surface area contributed by atoms with Gasteiger partial charge in [0.05, 0.1) is 5.56 Å². The van der Waals surface area contributed by atoms with Crippen molar-refractivity contribution in [3.63, 3.8) is 0 Å². The number of alkyl halides is 3. The maximum Gasteiger partial charge on any atom is 0.416 e. The Morgan fingerprint density at radius 3 is 2.67 bits per heavy atom. The van der Waals surface area contributed by atoms with E-state index in [0.29, 0.717) is 5.92 Å². The van der Waals surface area contributed by atoms with Crippen molar-refractivity contribution in [3.05, 3.63) is 34.9 Å². The van der Waals surface area contributed by atoms with Crippen LogP contribution in [0.15, 0.2) is 18.2 Å². The largest absolute Gasteiger partial charge is 0.416 e. The molecule has 3 heteroatoms. The SMILES string of the molecule is CC[C@@H]1CCc2ccc(C(F)(F)F)cc21. The minimum absolute atomic E-state index is 0.322. The van der Waals surface area contributed by atoms with E-state index in [-0.39, 0.29) is 0 Å². The quantitative estimate of drug-likeness (QED) is 0.659. The average molecular weight is 214 g/mol. The van der Waals surface area contributed by atoms with E-state index in [4.69, 9.17) is 0 Å². The molecule has 0 nitrogen and oxygen atoms in total. The van der Waals surface area contributed by atoms with E-state index in [0.717, 1.165) is 30.4 Å². The van der Waals surface area contributed by atoms with Gasteiger partial charge in [0, 0.05) is 0 Å². The number of rotatable bonds is 1. The van der Waals surface area contributed by atoms with Crippen LogP contribution in [0.2, 0.25) is 0 Å². The van der Waals surface area contributed by atoms with Crippen LogP contribution >= 0.6 is 0 Å². The van der Waals surface area contributed by atoms with Crippen molar-refractivity contribution in [2.45, 2.75) is 38.3 Å². The van der Waals surface area contributed by atoms with Crippen LogP contribution in [0.1, 0.15) is 42.4 Å². The summed E-state index contributed by atoms with van der Waals surface area (Å²) >= 11 is 0. The Hall–Kier alpha value is -0.990. The first-order valence-electron chi connectivity index (χ1n) is 5.22. The van der Waals surface area contributed by atoms with Crippen molar-refractivity contribution in [1.82, 2.24) is 0 Å². The number of hydrogen-bond acceptors (Lipinski definition) is 0. The van der Waals surface area contributed by atoms with Crippen molar-refractivity contribution in [3.8, 4) is 0 Å². The van der Waals surface area contributed by atoms with E-state index >= 15 is 0 Å². The molecule has 0 aromatic heterocycles. The van der Waals surface area contributed by atoms with Gasteiger partial charge >= 0.3 is 6.18 Å². The van der Waals surface area contributed by atoms with Crippen molar-refractivity contribution >= 4 is 0 Å². The lowest BCUT2D eigenvalue weighted by Gasteiger charge is -2.12. The van der Waals surface area contributed by atoms with Crippen LogP contribution in [0.4, 0.5) is 13.2 Å². The molecule has 0 fully saturated rings. The van der Waals surface area contributed by atoms with E-state index in [2.05, 4.69) is 0 Å². The molecule has 2 rings (SSSR count). The third kappa shape index (κ3) is 1.87. The molecule has 0 aliphatic heterocycles. The predicted molar refractivity (Wildman–Crippen MR) is 52.8 cm³/mol. The van der Waals surface area contributed by atoms with Crippen molar-refractivity contribution in [2.75, 3.05) is 0 Å². The zero-order valence-electron chi connectivity index (χ0n) is 8.56. The minimum atomic E-state index is -4.21. The lowest BCUT2D eigenvalue weighted by molar-refractivity contribution is -0.137. The maximum atomic E-state index is 12.5. The molecule has 0 heterocycles. The first-order valence-corrected chi connectivity index (χ1v) is 5.22. The van der Waals surface area contributed by atoms with Gasteiger partial charge in [0.25, 0.3) is 0 Å². The highest BCUT2D eigenvalue weighted by Gasteiger charge is 2.32. The second-order valence-corrected chi connectivity index (χ2v) is 4.06. The zero-order valence-corrected chi connectivity index (χ0v) is 8.56. The monoisotopic (exact) mass is 214 g/mol. The highest BCUT2D eigenvalue weighted by molar-refractivity contribution is 5.39. The molecule has 0 amide bonds. The summed E-state index contributed by atoms with van der Waals surface area (Å²) in [7, 11) is 0. The van der Waals surface area contributed by atoms with Crippen molar-refractivity contribution < 1.29 is 13.2 Å². The lowest BCUT2D eigenvalue weighted by Crippen LogP contribution is -2.06. The summed E-state index contributed by atoms with van der Waals surface area (Å²) in [5.74, 6) is 0.322. The fourth-order valence-electron chi connectivity index (χ4n) is 2.29. The van der Waals surface area contributed by atoms with Gasteiger partial charge in [-0.25, -0.2) is 0 Å². The van der Waals surface area contributed by atoms with Crippen molar-refractivity contribution in [1.29, 1.82) is 0 Å². The molecule has 1 atom stereocenters. The Bertz CT molecular complexity index is 366. The van der Waals surface area contributed by atoms with Crippen LogP contribution in [0, 0.1) is 0 Å². The fourth-order valence-corrected chi connectivity index (χ4v) is 2.29. The normalized spacial score (nSPS) is 20.4. The Kier molecular flexibility index (Phi) is 2.49. The summed E-state index contributed by atoms with van der Waals surface area (Å²) in [5.41, 5.74) is 1.49. The first kappa shape index (κ1) is 10.5. The molecule has 1 aliphatic carbocycles. The number of fused-ring (bicyclic) bond motifs is 1. The van der Waals surface area contributed by atoms with Gasteiger partial charge in [0.15, 0.2) is 0 Å². The summed E-state index contributed by atoms with van der Waals surface area (Å²) in [6, 6.07) is 4.15. The smallest absolute Gasteiger partial charge is 0.166 e. The van der Waals surface area contributed by atoms with Crippen LogP contribution in [0.3, 0.4) is 0 Å². The molecule has 1 aromatic rings. The van der Waals surface area contributed by atoms with Gasteiger partial charge in [-0.2, -0.15) is 13.2 Å². The highest BCUT2D eigenvalue weighted by Crippen LogP contribution is 2.39. The molecular formula is C12H13F3. The third-order valence-electron chi connectivity index (χ3n) is 3.17. The van der Waals surface area contributed by atoms with E-state index in [9.17, 15) is 13.2 Å². The molecule has 0 unspecified atom stereocenters. The second-order valence-electron chi connectivity index (χ2n) is 4.06. The van der Waals surface area contributed by atoms with Crippen molar-refractivity contribution in [2.24, 2.45) is 0 Å². The Balaban J connectivity index is 2.41. The van der Waals surface area contributed by atoms with Gasteiger partial charge in [-0.15, -0.1) is 0 Å². The Morgan fingerprint density at radius 2 is 2.07 bits per heavy atom. The Morgan fingerprint density at radius 1 is 1.33 bits per heavy atom. The van der Waals surface area contributed by atoms with E-state index in [1.54, 1.807) is 6.07 Å². The molecule has 0 N–H and O–H groups in total.